The Labute approximate surface area is 151 Å². The van der Waals surface area contributed by atoms with Crippen molar-refractivity contribution in [3.05, 3.63) is 80.8 Å². The number of halogens is 2. The van der Waals surface area contributed by atoms with Gasteiger partial charge in [0, 0.05) is 13.4 Å². The molecule has 0 unspecified atom stereocenters. The van der Waals surface area contributed by atoms with E-state index in [0.717, 1.165) is 4.47 Å². The lowest BCUT2D eigenvalue weighted by Gasteiger charge is -2.12. The van der Waals surface area contributed by atoms with Crippen molar-refractivity contribution in [3.8, 4) is 11.1 Å². The maximum absolute atomic E-state index is 3.68. The van der Waals surface area contributed by atoms with E-state index in [0.29, 0.717) is 0 Å². The predicted octanol–water partition coefficient (Wildman–Crippen LogP) is 7.03. The first-order valence-electron chi connectivity index (χ1n) is 7.10. The van der Waals surface area contributed by atoms with Gasteiger partial charge in [-0.3, -0.25) is 0 Å². The van der Waals surface area contributed by atoms with Gasteiger partial charge in [-0.1, -0.05) is 76.6 Å². The number of hydrogen-bond donors (Lipinski definition) is 0. The van der Waals surface area contributed by atoms with Crippen LogP contribution in [-0.4, -0.2) is 0 Å². The first kappa shape index (κ1) is 14.2. The van der Waals surface area contributed by atoms with Crippen LogP contribution in [0.25, 0.3) is 32.7 Å². The summed E-state index contributed by atoms with van der Waals surface area (Å²) in [5.74, 6) is 0. The Morgan fingerprint density at radius 1 is 0.636 bits per heavy atom. The van der Waals surface area contributed by atoms with Crippen LogP contribution in [0.1, 0.15) is 0 Å². The van der Waals surface area contributed by atoms with Gasteiger partial charge in [0.25, 0.3) is 0 Å². The summed E-state index contributed by atoms with van der Waals surface area (Å²) >= 11 is 6.11. The van der Waals surface area contributed by atoms with E-state index >= 15 is 0 Å². The van der Waals surface area contributed by atoms with E-state index in [1.807, 2.05) is 0 Å². The van der Waals surface area contributed by atoms with Crippen LogP contribution in [0.2, 0.25) is 0 Å². The van der Waals surface area contributed by atoms with Crippen LogP contribution < -0.4 is 0 Å². The fourth-order valence-electron chi connectivity index (χ4n) is 3.01. The second-order valence-corrected chi connectivity index (χ2v) is 7.30. The molecule has 106 valence electrons. The van der Waals surface area contributed by atoms with Crippen molar-refractivity contribution in [2.24, 2.45) is 0 Å². The summed E-state index contributed by atoms with van der Waals surface area (Å²) in [4.78, 5) is 0. The number of rotatable bonds is 1. The van der Waals surface area contributed by atoms with Crippen LogP contribution in [0.3, 0.4) is 0 Å². The van der Waals surface area contributed by atoms with Gasteiger partial charge >= 0.3 is 0 Å². The predicted molar refractivity (Wildman–Crippen MR) is 107 cm³/mol. The number of hydrogen-bond acceptors (Lipinski definition) is 0. The largest absolute Gasteiger partial charge is 0.0616 e. The maximum atomic E-state index is 3.68. The van der Waals surface area contributed by atoms with Gasteiger partial charge in [-0.2, -0.15) is 0 Å². The molecule has 0 saturated heterocycles. The highest BCUT2D eigenvalue weighted by atomic mass is 127. The lowest BCUT2D eigenvalue weighted by molar-refractivity contribution is 1.64. The Balaban J connectivity index is 2.16. The topological polar surface area (TPSA) is 0 Å². The van der Waals surface area contributed by atoms with Crippen molar-refractivity contribution in [1.29, 1.82) is 0 Å². The zero-order chi connectivity index (χ0) is 15.1. The van der Waals surface area contributed by atoms with Crippen molar-refractivity contribution in [1.82, 2.24) is 0 Å². The third kappa shape index (κ3) is 2.25. The molecule has 0 radical (unpaired) electrons. The number of benzene rings is 4. The van der Waals surface area contributed by atoms with Gasteiger partial charge in [0.05, 0.1) is 0 Å². The van der Waals surface area contributed by atoms with Crippen LogP contribution in [0, 0.1) is 3.57 Å². The summed E-state index contributed by atoms with van der Waals surface area (Å²) in [7, 11) is 0. The minimum atomic E-state index is 1.14. The number of fused-ring (bicyclic) bond motifs is 2. The summed E-state index contributed by atoms with van der Waals surface area (Å²) in [5.41, 5.74) is 2.58. The SMILES string of the molecule is Brc1ccc(I)c2c(-c3cccc4ccccc34)cccc12. The van der Waals surface area contributed by atoms with E-state index in [1.165, 1.54) is 36.2 Å². The normalized spacial score (nSPS) is 11.2. The van der Waals surface area contributed by atoms with Crippen molar-refractivity contribution >= 4 is 60.1 Å². The van der Waals surface area contributed by atoms with Crippen LogP contribution >= 0.6 is 38.5 Å². The molecule has 0 spiro atoms. The molecular formula is C20H12BrI. The molecule has 2 heteroatoms. The Morgan fingerprint density at radius 2 is 1.32 bits per heavy atom. The highest BCUT2D eigenvalue weighted by Gasteiger charge is 2.11. The van der Waals surface area contributed by atoms with Gasteiger partial charge in [-0.05, 0) is 62.0 Å². The molecule has 22 heavy (non-hydrogen) atoms. The van der Waals surface area contributed by atoms with Crippen LogP contribution in [0.5, 0.6) is 0 Å². The molecule has 0 fully saturated rings. The molecule has 4 rings (SSSR count). The zero-order valence-corrected chi connectivity index (χ0v) is 15.4. The molecule has 0 N–H and O–H groups in total. The molecule has 4 aromatic rings. The average Bonchev–Trinajstić information content (AvgIpc) is 2.57. The Morgan fingerprint density at radius 3 is 2.23 bits per heavy atom. The molecular weight excluding hydrogens is 447 g/mol. The monoisotopic (exact) mass is 458 g/mol. The summed E-state index contributed by atoms with van der Waals surface area (Å²) in [6, 6.07) is 25.9. The van der Waals surface area contributed by atoms with Gasteiger partial charge in [-0.15, -0.1) is 0 Å². The van der Waals surface area contributed by atoms with Crippen LogP contribution in [0.15, 0.2) is 77.3 Å². The molecule has 0 heterocycles. The van der Waals surface area contributed by atoms with E-state index in [1.54, 1.807) is 0 Å². The third-order valence-electron chi connectivity index (χ3n) is 4.02. The minimum absolute atomic E-state index is 1.14. The molecule has 0 saturated carbocycles. The second kappa shape index (κ2) is 5.67. The quantitative estimate of drug-likeness (QED) is 0.268. The van der Waals surface area contributed by atoms with Gasteiger partial charge in [0.15, 0.2) is 0 Å². The lowest BCUT2D eigenvalue weighted by atomic mass is 9.94. The second-order valence-electron chi connectivity index (χ2n) is 5.28. The van der Waals surface area contributed by atoms with E-state index in [4.69, 9.17) is 0 Å². The van der Waals surface area contributed by atoms with Gasteiger partial charge in [-0.25, -0.2) is 0 Å². The fourth-order valence-corrected chi connectivity index (χ4v) is 4.24. The van der Waals surface area contributed by atoms with Gasteiger partial charge in [0.2, 0.25) is 0 Å². The maximum Gasteiger partial charge on any atom is 0.0254 e. The van der Waals surface area contributed by atoms with E-state index in [-0.39, 0.29) is 0 Å². The Kier molecular flexibility index (Phi) is 3.66. The molecule has 0 aliphatic carbocycles. The smallest absolute Gasteiger partial charge is 0.0254 e. The molecule has 4 aromatic carbocycles. The fraction of sp³-hybridized carbons (Fsp3) is 0. The molecule has 0 aliphatic rings. The molecule has 0 bridgehead atoms. The molecule has 0 nitrogen and oxygen atoms in total. The van der Waals surface area contributed by atoms with Crippen molar-refractivity contribution in [2.45, 2.75) is 0 Å². The molecule has 0 amide bonds. The highest BCUT2D eigenvalue weighted by Crippen LogP contribution is 2.38. The van der Waals surface area contributed by atoms with Gasteiger partial charge < -0.3 is 0 Å². The molecule has 0 aromatic heterocycles. The van der Waals surface area contributed by atoms with E-state index in [9.17, 15) is 0 Å². The van der Waals surface area contributed by atoms with Crippen LogP contribution in [-0.2, 0) is 0 Å². The molecule has 0 aliphatic heterocycles. The first-order chi connectivity index (χ1) is 10.8. The third-order valence-corrected chi connectivity index (χ3v) is 5.61. The van der Waals surface area contributed by atoms with E-state index in [2.05, 4.69) is 111 Å². The minimum Gasteiger partial charge on any atom is -0.0616 e. The standard InChI is InChI=1S/C20H12BrI/c21-18-11-12-19(22)20-16(9-4-10-17(18)20)15-8-3-6-13-5-1-2-7-14(13)15/h1-12H. The first-order valence-corrected chi connectivity index (χ1v) is 8.98. The Hall–Kier alpha value is -1.39. The molecule has 0 atom stereocenters. The van der Waals surface area contributed by atoms with Crippen LogP contribution in [0.4, 0.5) is 0 Å². The van der Waals surface area contributed by atoms with Crippen molar-refractivity contribution in [3.63, 3.8) is 0 Å². The van der Waals surface area contributed by atoms with Crippen molar-refractivity contribution in [2.75, 3.05) is 0 Å². The highest BCUT2D eigenvalue weighted by molar-refractivity contribution is 14.1. The summed E-state index contributed by atoms with van der Waals surface area (Å²) in [6.45, 7) is 0. The summed E-state index contributed by atoms with van der Waals surface area (Å²) in [5, 5.41) is 5.15. The summed E-state index contributed by atoms with van der Waals surface area (Å²) in [6.07, 6.45) is 0. The van der Waals surface area contributed by atoms with Crippen molar-refractivity contribution < 1.29 is 0 Å². The lowest BCUT2D eigenvalue weighted by Crippen LogP contribution is -1.87. The van der Waals surface area contributed by atoms with E-state index < -0.39 is 0 Å². The van der Waals surface area contributed by atoms with Gasteiger partial charge in [0.1, 0.15) is 0 Å². The Bertz CT molecular complexity index is 1000. The zero-order valence-electron chi connectivity index (χ0n) is 11.7. The average molecular weight is 459 g/mol. The summed E-state index contributed by atoms with van der Waals surface area (Å²) < 4.78 is 2.42.